The van der Waals surface area contributed by atoms with Crippen molar-refractivity contribution in [3.63, 3.8) is 0 Å². The van der Waals surface area contributed by atoms with Crippen LogP contribution in [0, 0.1) is 0 Å². The van der Waals surface area contributed by atoms with Crippen LogP contribution in [0.2, 0.25) is 0 Å². The molecule has 0 aliphatic rings. The Kier molecular flexibility index (Phi) is 4.78. The van der Waals surface area contributed by atoms with E-state index in [1.807, 2.05) is 36.4 Å². The quantitative estimate of drug-likeness (QED) is 0.541. The Morgan fingerprint density at radius 2 is 1.86 bits per heavy atom. The minimum Gasteiger partial charge on any atom is -0.298 e. The molecule has 106 valence electrons. The normalized spacial score (nSPS) is 10.9. The number of Topliss-reactive ketones (excluding diaryl/α,β-unsaturated/α-hetero) is 1. The lowest BCUT2D eigenvalue weighted by Crippen LogP contribution is -2.05. The maximum Gasteiger partial charge on any atom is 0.147 e. The largest absolute Gasteiger partial charge is 0.298 e. The van der Waals surface area contributed by atoms with Crippen LogP contribution in [0.15, 0.2) is 63.3 Å². The lowest BCUT2D eigenvalue weighted by atomic mass is 10.1. The van der Waals surface area contributed by atoms with Gasteiger partial charge in [0.2, 0.25) is 0 Å². The molecule has 0 saturated carbocycles. The average Bonchev–Trinajstić information content (AvgIpc) is 2.90. The predicted octanol–water partition coefficient (Wildman–Crippen LogP) is 5.57. The van der Waals surface area contributed by atoms with Crippen LogP contribution in [-0.4, -0.2) is 11.5 Å². The zero-order valence-electron chi connectivity index (χ0n) is 11.2. The highest BCUT2D eigenvalue weighted by atomic mass is 79.9. The van der Waals surface area contributed by atoms with Gasteiger partial charge in [0.25, 0.3) is 0 Å². The Balaban J connectivity index is 1.66. The fourth-order valence-corrected chi connectivity index (χ4v) is 4.54. The molecule has 0 aliphatic carbocycles. The monoisotopic (exact) mass is 376 g/mol. The van der Waals surface area contributed by atoms with Crippen LogP contribution in [0.1, 0.15) is 5.56 Å². The van der Waals surface area contributed by atoms with E-state index in [2.05, 4.69) is 33.4 Å². The first kappa shape index (κ1) is 14.8. The highest BCUT2D eigenvalue weighted by molar-refractivity contribution is 9.10. The first-order valence-electron chi connectivity index (χ1n) is 6.58. The summed E-state index contributed by atoms with van der Waals surface area (Å²) in [7, 11) is 0. The molecule has 0 saturated heterocycles. The maximum absolute atomic E-state index is 12.2. The summed E-state index contributed by atoms with van der Waals surface area (Å²) >= 11 is 6.80. The number of halogens is 1. The van der Waals surface area contributed by atoms with Crippen molar-refractivity contribution in [1.29, 1.82) is 0 Å². The van der Waals surface area contributed by atoms with Crippen LogP contribution >= 0.6 is 39.0 Å². The van der Waals surface area contributed by atoms with Crippen molar-refractivity contribution in [2.75, 3.05) is 5.75 Å². The van der Waals surface area contributed by atoms with Gasteiger partial charge in [0.05, 0.1) is 5.75 Å². The van der Waals surface area contributed by atoms with Gasteiger partial charge >= 0.3 is 0 Å². The molecule has 0 atom stereocenters. The standard InChI is InChI=1S/C17H13BrOS2/c18-15-6-2-4-8-17(15)21-11-13(19)9-12-10-20-16-7-3-1-5-14(12)16/h1-8,10H,9,11H2. The number of hydrogen-bond donors (Lipinski definition) is 0. The number of ketones is 1. The van der Waals surface area contributed by atoms with Crippen molar-refractivity contribution >= 4 is 54.9 Å². The van der Waals surface area contributed by atoms with Gasteiger partial charge in [-0.15, -0.1) is 23.1 Å². The number of carbonyl (C=O) groups is 1. The minimum absolute atomic E-state index is 0.263. The van der Waals surface area contributed by atoms with E-state index in [0.29, 0.717) is 12.2 Å². The summed E-state index contributed by atoms with van der Waals surface area (Å²) in [6.07, 6.45) is 0.515. The van der Waals surface area contributed by atoms with Gasteiger partial charge < -0.3 is 0 Å². The summed E-state index contributed by atoms with van der Waals surface area (Å²) in [6.45, 7) is 0. The third-order valence-corrected chi connectivity index (χ3v) is 6.27. The Morgan fingerprint density at radius 1 is 1.10 bits per heavy atom. The number of thioether (sulfide) groups is 1. The molecule has 3 rings (SSSR count). The van der Waals surface area contributed by atoms with Crippen molar-refractivity contribution in [1.82, 2.24) is 0 Å². The molecule has 0 radical (unpaired) electrons. The van der Waals surface area contributed by atoms with E-state index >= 15 is 0 Å². The molecule has 0 unspecified atom stereocenters. The smallest absolute Gasteiger partial charge is 0.147 e. The second-order valence-electron chi connectivity index (χ2n) is 4.69. The summed E-state index contributed by atoms with van der Waals surface area (Å²) in [5.41, 5.74) is 1.15. The van der Waals surface area contributed by atoms with Crippen molar-refractivity contribution in [2.45, 2.75) is 11.3 Å². The minimum atomic E-state index is 0.263. The zero-order valence-corrected chi connectivity index (χ0v) is 14.4. The Hall–Kier alpha value is -1.10. The van der Waals surface area contributed by atoms with Crippen LogP contribution in [0.4, 0.5) is 0 Å². The molecule has 0 bridgehead atoms. The molecule has 0 aliphatic heterocycles. The van der Waals surface area contributed by atoms with Crippen molar-refractivity contribution in [3.05, 3.63) is 63.9 Å². The molecule has 0 amide bonds. The van der Waals surface area contributed by atoms with Crippen LogP contribution < -0.4 is 0 Å². The lowest BCUT2D eigenvalue weighted by molar-refractivity contribution is -0.115. The van der Waals surface area contributed by atoms with Gasteiger partial charge in [0, 0.05) is 20.5 Å². The average molecular weight is 377 g/mol. The summed E-state index contributed by atoms with van der Waals surface area (Å²) in [5, 5.41) is 3.31. The van der Waals surface area contributed by atoms with Crippen molar-refractivity contribution < 1.29 is 4.79 Å². The SMILES string of the molecule is O=C(CSc1ccccc1Br)Cc1csc2ccccc12. The Labute approximate surface area is 140 Å². The summed E-state index contributed by atoms with van der Waals surface area (Å²) < 4.78 is 2.29. The molecule has 3 aromatic rings. The van der Waals surface area contributed by atoms with Crippen LogP contribution in [0.3, 0.4) is 0 Å². The molecule has 4 heteroatoms. The molecule has 0 N–H and O–H groups in total. The van der Waals surface area contributed by atoms with Crippen LogP contribution in [-0.2, 0) is 11.2 Å². The molecule has 21 heavy (non-hydrogen) atoms. The van der Waals surface area contributed by atoms with Gasteiger partial charge in [0.1, 0.15) is 5.78 Å². The van der Waals surface area contributed by atoms with Gasteiger partial charge in [-0.05, 0) is 50.5 Å². The van der Waals surface area contributed by atoms with E-state index in [1.165, 1.54) is 10.1 Å². The molecule has 0 spiro atoms. The Morgan fingerprint density at radius 3 is 2.71 bits per heavy atom. The van der Waals surface area contributed by atoms with E-state index in [-0.39, 0.29) is 5.78 Å². The fraction of sp³-hybridized carbons (Fsp3) is 0.118. The number of carbonyl (C=O) groups excluding carboxylic acids is 1. The zero-order chi connectivity index (χ0) is 14.7. The van der Waals surface area contributed by atoms with E-state index in [0.717, 1.165) is 14.9 Å². The molecular weight excluding hydrogens is 364 g/mol. The summed E-state index contributed by atoms with van der Waals surface area (Å²) in [4.78, 5) is 13.3. The highest BCUT2D eigenvalue weighted by Crippen LogP contribution is 2.29. The molecular formula is C17H13BrOS2. The first-order chi connectivity index (χ1) is 10.2. The lowest BCUT2D eigenvalue weighted by Gasteiger charge is -2.03. The van der Waals surface area contributed by atoms with Gasteiger partial charge in [-0.25, -0.2) is 0 Å². The van der Waals surface area contributed by atoms with Crippen LogP contribution in [0.5, 0.6) is 0 Å². The fourth-order valence-electron chi connectivity index (χ4n) is 2.15. The molecule has 1 aromatic heterocycles. The summed E-state index contributed by atoms with van der Waals surface area (Å²) in [6, 6.07) is 16.3. The van der Waals surface area contributed by atoms with Crippen LogP contribution in [0.25, 0.3) is 10.1 Å². The van der Waals surface area contributed by atoms with Gasteiger partial charge in [0.15, 0.2) is 0 Å². The first-order valence-corrected chi connectivity index (χ1v) is 9.24. The second-order valence-corrected chi connectivity index (χ2v) is 7.47. The topological polar surface area (TPSA) is 17.1 Å². The molecule has 1 nitrogen and oxygen atoms in total. The van der Waals surface area contributed by atoms with E-state index in [4.69, 9.17) is 0 Å². The van der Waals surface area contributed by atoms with E-state index < -0.39 is 0 Å². The number of thiophene rings is 1. The molecule has 1 heterocycles. The van der Waals surface area contributed by atoms with E-state index in [1.54, 1.807) is 23.1 Å². The molecule has 0 fully saturated rings. The Bertz CT molecular complexity index is 779. The molecule has 2 aromatic carbocycles. The third-order valence-electron chi connectivity index (χ3n) is 3.17. The second kappa shape index (κ2) is 6.77. The van der Waals surface area contributed by atoms with Gasteiger partial charge in [-0.1, -0.05) is 30.3 Å². The number of hydrogen-bond acceptors (Lipinski definition) is 3. The van der Waals surface area contributed by atoms with Gasteiger partial charge in [-0.2, -0.15) is 0 Å². The number of rotatable bonds is 5. The third kappa shape index (κ3) is 3.57. The number of fused-ring (bicyclic) bond motifs is 1. The summed E-state index contributed by atoms with van der Waals surface area (Å²) in [5.74, 6) is 0.770. The van der Waals surface area contributed by atoms with Crippen molar-refractivity contribution in [3.8, 4) is 0 Å². The maximum atomic E-state index is 12.2. The predicted molar refractivity (Wildman–Crippen MR) is 95.4 cm³/mol. The van der Waals surface area contributed by atoms with Gasteiger partial charge in [-0.3, -0.25) is 4.79 Å². The number of benzene rings is 2. The van der Waals surface area contributed by atoms with E-state index in [9.17, 15) is 4.79 Å². The van der Waals surface area contributed by atoms with Crippen molar-refractivity contribution in [2.24, 2.45) is 0 Å². The highest BCUT2D eigenvalue weighted by Gasteiger charge is 2.10.